The second-order valence-electron chi connectivity index (χ2n) is 3.25. The van der Waals surface area contributed by atoms with Crippen LogP contribution in [-0.4, -0.2) is 24.3 Å². The van der Waals surface area contributed by atoms with Crippen LogP contribution in [0.2, 0.25) is 0 Å². The fourth-order valence-electron chi connectivity index (χ4n) is 1.22. The van der Waals surface area contributed by atoms with Gasteiger partial charge in [-0.15, -0.1) is 0 Å². The first-order valence-electron chi connectivity index (χ1n) is 4.32. The molecule has 1 aliphatic heterocycles. The van der Waals surface area contributed by atoms with Gasteiger partial charge in [-0.1, -0.05) is 6.58 Å². The zero-order valence-electron chi connectivity index (χ0n) is 7.72. The molecule has 1 rings (SSSR count). The zero-order chi connectivity index (χ0) is 9.84. The van der Waals surface area contributed by atoms with E-state index in [1.807, 2.05) is 0 Å². The normalized spacial score (nSPS) is 21.9. The van der Waals surface area contributed by atoms with Gasteiger partial charge in [0.25, 0.3) is 5.91 Å². The Balaban J connectivity index is 2.34. The van der Waals surface area contributed by atoms with Gasteiger partial charge in [0.2, 0.25) is 5.78 Å². The third kappa shape index (κ3) is 2.89. The number of carbonyl (C=O) groups is 2. The highest BCUT2D eigenvalue weighted by atomic mass is 16.2. The number of hydrogen-bond acceptors (Lipinski definition) is 3. The lowest BCUT2D eigenvalue weighted by molar-refractivity contribution is -0.137. The molecule has 4 heteroatoms. The first-order valence-corrected chi connectivity index (χ1v) is 4.32. The number of amides is 1. The Morgan fingerprint density at radius 2 is 2.31 bits per heavy atom. The van der Waals surface area contributed by atoms with E-state index in [2.05, 4.69) is 17.2 Å². The highest BCUT2D eigenvalue weighted by molar-refractivity contribution is 6.35. The third-order valence-corrected chi connectivity index (χ3v) is 2.05. The Morgan fingerprint density at radius 1 is 1.62 bits per heavy atom. The summed E-state index contributed by atoms with van der Waals surface area (Å²) < 4.78 is 0. The summed E-state index contributed by atoms with van der Waals surface area (Å²) in [5.74, 6) is -0.941. The van der Waals surface area contributed by atoms with Crippen molar-refractivity contribution in [1.82, 2.24) is 10.6 Å². The van der Waals surface area contributed by atoms with Crippen LogP contribution in [0.4, 0.5) is 0 Å². The number of ketones is 1. The van der Waals surface area contributed by atoms with Crippen LogP contribution < -0.4 is 10.6 Å². The fraction of sp³-hybridized carbons (Fsp3) is 0.556. The Morgan fingerprint density at radius 3 is 2.77 bits per heavy atom. The Bertz CT molecular complexity index is 238. The molecule has 1 fully saturated rings. The third-order valence-electron chi connectivity index (χ3n) is 2.05. The summed E-state index contributed by atoms with van der Waals surface area (Å²) in [4.78, 5) is 21.6. The predicted octanol–water partition coefficient (Wildman–Crippen LogP) is -0.0427. The molecular formula is C9H14N2O2. The van der Waals surface area contributed by atoms with Crippen LogP contribution in [-0.2, 0) is 9.59 Å². The van der Waals surface area contributed by atoms with Gasteiger partial charge < -0.3 is 10.6 Å². The first kappa shape index (κ1) is 9.77. The van der Waals surface area contributed by atoms with Crippen LogP contribution in [0.25, 0.3) is 0 Å². The molecule has 0 bridgehead atoms. The van der Waals surface area contributed by atoms with Gasteiger partial charge in [0.05, 0.1) is 0 Å². The van der Waals surface area contributed by atoms with Crippen molar-refractivity contribution in [2.24, 2.45) is 0 Å². The van der Waals surface area contributed by atoms with Crippen molar-refractivity contribution in [1.29, 1.82) is 0 Å². The SMILES string of the molecule is C=C1CCC(NC(=O)C(C)=O)CN1. The molecule has 72 valence electrons. The number of Topliss-reactive ketones (excluding diaryl/α,β-unsaturated/α-hetero) is 1. The van der Waals surface area contributed by atoms with Gasteiger partial charge in [-0.05, 0) is 12.8 Å². The number of carbonyl (C=O) groups excluding carboxylic acids is 2. The Kier molecular flexibility index (Phi) is 3.06. The van der Waals surface area contributed by atoms with Crippen LogP contribution in [0.1, 0.15) is 19.8 Å². The second kappa shape index (κ2) is 4.07. The average Bonchev–Trinajstić information content (AvgIpc) is 2.08. The molecule has 0 aliphatic carbocycles. The van der Waals surface area contributed by atoms with Gasteiger partial charge in [0, 0.05) is 25.2 Å². The molecule has 2 N–H and O–H groups in total. The van der Waals surface area contributed by atoms with Crippen molar-refractivity contribution in [2.45, 2.75) is 25.8 Å². The molecule has 4 nitrogen and oxygen atoms in total. The highest BCUT2D eigenvalue weighted by Gasteiger charge is 2.18. The van der Waals surface area contributed by atoms with E-state index in [0.29, 0.717) is 6.54 Å². The molecule has 1 aliphatic rings. The van der Waals surface area contributed by atoms with E-state index >= 15 is 0 Å². The van der Waals surface area contributed by atoms with Crippen molar-refractivity contribution in [3.63, 3.8) is 0 Å². The number of piperidine rings is 1. The molecule has 0 aromatic heterocycles. The van der Waals surface area contributed by atoms with E-state index in [1.54, 1.807) is 0 Å². The molecule has 1 saturated heterocycles. The quantitative estimate of drug-likeness (QED) is 0.589. The molecule has 0 saturated carbocycles. The van der Waals surface area contributed by atoms with Crippen LogP contribution in [0.5, 0.6) is 0 Å². The topological polar surface area (TPSA) is 58.2 Å². The molecule has 1 amide bonds. The summed E-state index contributed by atoms with van der Waals surface area (Å²) in [5, 5.41) is 5.70. The van der Waals surface area contributed by atoms with Crippen LogP contribution in [0, 0.1) is 0 Å². The number of rotatable bonds is 2. The van der Waals surface area contributed by atoms with Crippen molar-refractivity contribution in [3.05, 3.63) is 12.3 Å². The molecular weight excluding hydrogens is 168 g/mol. The van der Waals surface area contributed by atoms with E-state index in [4.69, 9.17) is 0 Å². The van der Waals surface area contributed by atoms with Gasteiger partial charge in [-0.3, -0.25) is 9.59 Å². The van der Waals surface area contributed by atoms with Crippen molar-refractivity contribution in [2.75, 3.05) is 6.54 Å². The average molecular weight is 182 g/mol. The van der Waals surface area contributed by atoms with E-state index < -0.39 is 11.7 Å². The number of hydrogen-bond donors (Lipinski definition) is 2. The molecule has 1 heterocycles. The van der Waals surface area contributed by atoms with Gasteiger partial charge >= 0.3 is 0 Å². The highest BCUT2D eigenvalue weighted by Crippen LogP contribution is 2.08. The van der Waals surface area contributed by atoms with Crippen LogP contribution in [0.3, 0.4) is 0 Å². The van der Waals surface area contributed by atoms with Gasteiger partial charge in [0.1, 0.15) is 0 Å². The van der Waals surface area contributed by atoms with E-state index in [0.717, 1.165) is 18.5 Å². The van der Waals surface area contributed by atoms with Gasteiger partial charge in [-0.2, -0.15) is 0 Å². The second-order valence-corrected chi connectivity index (χ2v) is 3.25. The van der Waals surface area contributed by atoms with Crippen molar-refractivity contribution >= 4 is 11.7 Å². The van der Waals surface area contributed by atoms with Gasteiger partial charge in [-0.25, -0.2) is 0 Å². The molecule has 1 atom stereocenters. The number of allylic oxidation sites excluding steroid dienone is 1. The lowest BCUT2D eigenvalue weighted by Gasteiger charge is -2.25. The molecule has 13 heavy (non-hydrogen) atoms. The minimum Gasteiger partial charge on any atom is -0.387 e. The fourth-order valence-corrected chi connectivity index (χ4v) is 1.22. The molecule has 0 aromatic rings. The molecule has 0 radical (unpaired) electrons. The Labute approximate surface area is 77.4 Å². The Hall–Kier alpha value is -1.32. The first-order chi connectivity index (χ1) is 6.09. The molecule has 1 unspecified atom stereocenters. The maximum Gasteiger partial charge on any atom is 0.287 e. The smallest absolute Gasteiger partial charge is 0.287 e. The summed E-state index contributed by atoms with van der Waals surface area (Å²) in [6, 6.07) is 0.0573. The standard InChI is InChI=1S/C9H14N2O2/c1-6-3-4-8(5-10-6)11-9(13)7(2)12/h8,10H,1,3-5H2,2H3,(H,11,13). The van der Waals surface area contributed by atoms with E-state index in [9.17, 15) is 9.59 Å². The summed E-state index contributed by atoms with van der Waals surface area (Å²) in [6.07, 6.45) is 1.70. The molecule has 0 aromatic carbocycles. The van der Waals surface area contributed by atoms with E-state index in [-0.39, 0.29) is 6.04 Å². The minimum atomic E-state index is -0.501. The van der Waals surface area contributed by atoms with Crippen molar-refractivity contribution < 1.29 is 9.59 Å². The summed E-state index contributed by atoms with van der Waals surface area (Å²) in [7, 11) is 0. The van der Waals surface area contributed by atoms with Crippen molar-refractivity contribution in [3.8, 4) is 0 Å². The van der Waals surface area contributed by atoms with E-state index in [1.165, 1.54) is 6.92 Å². The monoisotopic (exact) mass is 182 g/mol. The zero-order valence-corrected chi connectivity index (χ0v) is 7.72. The lowest BCUT2D eigenvalue weighted by atomic mass is 10.1. The van der Waals surface area contributed by atoms with Crippen LogP contribution >= 0.6 is 0 Å². The lowest BCUT2D eigenvalue weighted by Crippen LogP contribution is -2.46. The summed E-state index contributed by atoms with van der Waals surface area (Å²) >= 11 is 0. The maximum absolute atomic E-state index is 11.0. The summed E-state index contributed by atoms with van der Waals surface area (Å²) in [6.45, 7) is 5.71. The summed E-state index contributed by atoms with van der Waals surface area (Å²) in [5.41, 5.74) is 0.994. The molecule has 0 spiro atoms. The largest absolute Gasteiger partial charge is 0.387 e. The van der Waals surface area contributed by atoms with Gasteiger partial charge in [0.15, 0.2) is 0 Å². The minimum absolute atomic E-state index is 0.0573. The van der Waals surface area contributed by atoms with Crippen LogP contribution in [0.15, 0.2) is 12.3 Å². The number of nitrogens with one attached hydrogen (secondary N) is 2. The predicted molar refractivity (Wildman–Crippen MR) is 49.0 cm³/mol. The maximum atomic E-state index is 11.0.